The molecule has 1 fully saturated rings. The summed E-state index contributed by atoms with van der Waals surface area (Å²) in [4.78, 5) is 4.01. The van der Waals surface area contributed by atoms with Crippen molar-refractivity contribution in [3.8, 4) is 11.4 Å². The zero-order valence-electron chi connectivity index (χ0n) is 11.2. The molecular weight excluding hydrogens is 276 g/mol. The predicted molar refractivity (Wildman–Crippen MR) is 75.3 cm³/mol. The maximum absolute atomic E-state index is 5.52. The van der Waals surface area contributed by atoms with E-state index in [1.807, 2.05) is 23.7 Å². The van der Waals surface area contributed by atoms with Crippen molar-refractivity contribution in [2.45, 2.75) is 17.7 Å². The zero-order chi connectivity index (χ0) is 13.8. The molecule has 2 aromatic rings. The SMILES string of the molecule is Cn1c(SC[C@H]2CCOCO2)nnc1-c1ccncc1. The lowest BCUT2D eigenvalue weighted by molar-refractivity contribution is -0.130. The molecule has 7 heteroatoms. The van der Waals surface area contributed by atoms with E-state index in [1.165, 1.54) is 0 Å². The van der Waals surface area contributed by atoms with Gasteiger partial charge in [0.2, 0.25) is 0 Å². The summed E-state index contributed by atoms with van der Waals surface area (Å²) in [6.07, 6.45) is 4.68. The van der Waals surface area contributed by atoms with Crippen LogP contribution in [-0.2, 0) is 16.5 Å². The highest BCUT2D eigenvalue weighted by Gasteiger charge is 2.17. The van der Waals surface area contributed by atoms with E-state index in [0.717, 1.165) is 35.3 Å². The topological polar surface area (TPSA) is 62.1 Å². The minimum Gasteiger partial charge on any atom is -0.355 e. The number of hydrogen-bond acceptors (Lipinski definition) is 6. The van der Waals surface area contributed by atoms with Crippen LogP contribution in [0.3, 0.4) is 0 Å². The van der Waals surface area contributed by atoms with E-state index in [0.29, 0.717) is 6.79 Å². The molecule has 0 unspecified atom stereocenters. The molecule has 0 amide bonds. The molecule has 0 radical (unpaired) electrons. The summed E-state index contributed by atoms with van der Waals surface area (Å²) >= 11 is 1.66. The van der Waals surface area contributed by atoms with E-state index in [9.17, 15) is 0 Å². The van der Waals surface area contributed by atoms with Gasteiger partial charge in [0, 0.05) is 30.8 Å². The average Bonchev–Trinajstić information content (AvgIpc) is 2.88. The molecular formula is C13H16N4O2S. The second kappa shape index (κ2) is 6.34. The van der Waals surface area contributed by atoms with Crippen molar-refractivity contribution in [3.63, 3.8) is 0 Å². The number of pyridine rings is 1. The fourth-order valence-corrected chi connectivity index (χ4v) is 2.97. The van der Waals surface area contributed by atoms with Crippen LogP contribution in [0.15, 0.2) is 29.7 Å². The molecule has 0 spiro atoms. The second-order valence-corrected chi connectivity index (χ2v) is 5.50. The van der Waals surface area contributed by atoms with Gasteiger partial charge in [-0.05, 0) is 18.6 Å². The van der Waals surface area contributed by atoms with Crippen molar-refractivity contribution >= 4 is 11.8 Å². The number of thioether (sulfide) groups is 1. The average molecular weight is 292 g/mol. The maximum Gasteiger partial charge on any atom is 0.191 e. The highest BCUT2D eigenvalue weighted by Crippen LogP contribution is 2.24. The molecule has 1 atom stereocenters. The number of aromatic nitrogens is 4. The monoisotopic (exact) mass is 292 g/mol. The maximum atomic E-state index is 5.52. The Kier molecular flexibility index (Phi) is 4.29. The Labute approximate surface area is 121 Å². The Morgan fingerprint density at radius 2 is 2.20 bits per heavy atom. The quantitative estimate of drug-likeness (QED) is 0.800. The molecule has 1 aliphatic heterocycles. The third kappa shape index (κ3) is 3.00. The van der Waals surface area contributed by atoms with Gasteiger partial charge < -0.3 is 14.0 Å². The molecule has 0 bridgehead atoms. The van der Waals surface area contributed by atoms with Crippen molar-refractivity contribution in [1.82, 2.24) is 19.7 Å². The van der Waals surface area contributed by atoms with Crippen LogP contribution in [0.4, 0.5) is 0 Å². The van der Waals surface area contributed by atoms with Crippen LogP contribution in [0.1, 0.15) is 6.42 Å². The summed E-state index contributed by atoms with van der Waals surface area (Å²) in [5.74, 6) is 1.72. The van der Waals surface area contributed by atoms with Crippen LogP contribution in [0.2, 0.25) is 0 Å². The molecule has 1 aliphatic rings. The van der Waals surface area contributed by atoms with Crippen LogP contribution >= 0.6 is 11.8 Å². The van der Waals surface area contributed by atoms with E-state index in [2.05, 4.69) is 15.2 Å². The first kappa shape index (κ1) is 13.5. The summed E-state index contributed by atoms with van der Waals surface area (Å²) in [6.45, 7) is 1.17. The van der Waals surface area contributed by atoms with Crippen molar-refractivity contribution in [3.05, 3.63) is 24.5 Å². The van der Waals surface area contributed by atoms with Gasteiger partial charge in [-0.3, -0.25) is 4.98 Å². The molecule has 106 valence electrons. The Balaban J connectivity index is 1.67. The van der Waals surface area contributed by atoms with Crippen LogP contribution < -0.4 is 0 Å². The standard InChI is InChI=1S/C13H16N4O2S/c1-17-12(10-2-5-14-6-3-10)15-16-13(17)20-8-11-4-7-18-9-19-11/h2-3,5-6,11H,4,7-9H2,1H3/t11-/m1/s1. The zero-order valence-corrected chi connectivity index (χ0v) is 12.0. The van der Waals surface area contributed by atoms with Crippen LogP contribution in [0.5, 0.6) is 0 Å². The van der Waals surface area contributed by atoms with E-state index in [1.54, 1.807) is 24.2 Å². The number of ether oxygens (including phenoxy) is 2. The molecule has 6 nitrogen and oxygen atoms in total. The van der Waals surface area contributed by atoms with Gasteiger partial charge in [-0.1, -0.05) is 11.8 Å². The van der Waals surface area contributed by atoms with Gasteiger partial charge in [0.15, 0.2) is 11.0 Å². The second-order valence-electron chi connectivity index (χ2n) is 4.52. The molecule has 3 rings (SSSR count). The number of nitrogens with zero attached hydrogens (tertiary/aromatic N) is 4. The van der Waals surface area contributed by atoms with Gasteiger partial charge >= 0.3 is 0 Å². The van der Waals surface area contributed by atoms with E-state index < -0.39 is 0 Å². The van der Waals surface area contributed by atoms with Crippen LogP contribution in [0.25, 0.3) is 11.4 Å². The fourth-order valence-electron chi connectivity index (χ4n) is 1.99. The molecule has 0 aliphatic carbocycles. The Morgan fingerprint density at radius 1 is 1.35 bits per heavy atom. The first-order valence-electron chi connectivity index (χ1n) is 6.46. The lowest BCUT2D eigenvalue weighted by Crippen LogP contribution is -2.25. The molecule has 0 saturated carbocycles. The van der Waals surface area contributed by atoms with Gasteiger partial charge in [0.1, 0.15) is 6.79 Å². The Bertz CT molecular complexity index is 555. The van der Waals surface area contributed by atoms with Gasteiger partial charge in [0.05, 0.1) is 12.7 Å². The van der Waals surface area contributed by atoms with Crippen LogP contribution in [0, 0.1) is 0 Å². The first-order valence-corrected chi connectivity index (χ1v) is 7.45. The van der Waals surface area contributed by atoms with E-state index in [-0.39, 0.29) is 6.10 Å². The predicted octanol–water partition coefficient (Wildman–Crippen LogP) is 1.73. The smallest absolute Gasteiger partial charge is 0.191 e. The van der Waals surface area contributed by atoms with Gasteiger partial charge in [0.25, 0.3) is 0 Å². The van der Waals surface area contributed by atoms with E-state index in [4.69, 9.17) is 9.47 Å². The lowest BCUT2D eigenvalue weighted by atomic mass is 10.2. The Morgan fingerprint density at radius 3 is 2.95 bits per heavy atom. The third-order valence-electron chi connectivity index (χ3n) is 3.14. The summed E-state index contributed by atoms with van der Waals surface area (Å²) in [5.41, 5.74) is 1.02. The lowest BCUT2D eigenvalue weighted by Gasteiger charge is -2.21. The van der Waals surface area contributed by atoms with Gasteiger partial charge in [-0.15, -0.1) is 10.2 Å². The van der Waals surface area contributed by atoms with Crippen molar-refractivity contribution in [2.75, 3.05) is 19.2 Å². The summed E-state index contributed by atoms with van der Waals surface area (Å²) < 4.78 is 12.7. The minimum atomic E-state index is 0.231. The van der Waals surface area contributed by atoms with Crippen molar-refractivity contribution in [2.24, 2.45) is 7.05 Å². The molecule has 0 aromatic carbocycles. The Hall–Kier alpha value is -1.44. The normalized spacial score (nSPS) is 19.1. The highest BCUT2D eigenvalue weighted by atomic mass is 32.2. The third-order valence-corrected chi connectivity index (χ3v) is 4.30. The van der Waals surface area contributed by atoms with Crippen LogP contribution in [-0.4, -0.2) is 45.0 Å². The molecule has 1 saturated heterocycles. The largest absolute Gasteiger partial charge is 0.355 e. The highest BCUT2D eigenvalue weighted by molar-refractivity contribution is 7.99. The number of hydrogen-bond donors (Lipinski definition) is 0. The van der Waals surface area contributed by atoms with E-state index >= 15 is 0 Å². The fraction of sp³-hybridized carbons (Fsp3) is 0.462. The summed E-state index contributed by atoms with van der Waals surface area (Å²) in [7, 11) is 1.98. The van der Waals surface area contributed by atoms with Crippen molar-refractivity contribution < 1.29 is 9.47 Å². The molecule has 3 heterocycles. The molecule has 0 N–H and O–H groups in total. The van der Waals surface area contributed by atoms with Gasteiger partial charge in [-0.25, -0.2) is 0 Å². The minimum absolute atomic E-state index is 0.231. The van der Waals surface area contributed by atoms with Gasteiger partial charge in [-0.2, -0.15) is 0 Å². The molecule has 20 heavy (non-hydrogen) atoms. The molecule has 2 aromatic heterocycles. The first-order chi connectivity index (χ1) is 9.84. The summed E-state index contributed by atoms with van der Waals surface area (Å²) in [5, 5.41) is 9.39. The summed E-state index contributed by atoms with van der Waals surface area (Å²) in [6, 6.07) is 3.86. The number of rotatable bonds is 4. The van der Waals surface area contributed by atoms with Crippen molar-refractivity contribution in [1.29, 1.82) is 0 Å².